The molecule has 0 atom stereocenters. The Morgan fingerprint density at radius 1 is 0.960 bits per heavy atom. The number of amides is 2. The Balaban J connectivity index is 1.55. The molecule has 0 aliphatic heterocycles. The number of carbonyl (C=O) groups excluding carboxylic acids is 2. The topological polar surface area (TPSA) is 71.1 Å². The van der Waals surface area contributed by atoms with Gasteiger partial charge in [0.1, 0.15) is 0 Å². The van der Waals surface area contributed by atoms with Crippen molar-refractivity contribution >= 4 is 40.0 Å². The van der Waals surface area contributed by atoms with E-state index >= 15 is 0 Å². The molecule has 0 saturated heterocycles. The molecule has 2 aromatic carbocycles. The van der Waals surface area contributed by atoms with Gasteiger partial charge in [-0.1, -0.05) is 41.9 Å². The van der Waals surface area contributed by atoms with Crippen molar-refractivity contribution in [3.63, 3.8) is 0 Å². The van der Waals surface area contributed by atoms with Crippen LogP contribution < -0.4 is 10.6 Å². The molecule has 5 nitrogen and oxygen atoms in total. The molecular weight excluding hydrogens is 338 g/mol. The molecule has 0 spiro atoms. The molecule has 0 radical (unpaired) electrons. The first-order valence-corrected chi connectivity index (χ1v) is 8.14. The van der Waals surface area contributed by atoms with Gasteiger partial charge in [-0.2, -0.15) is 0 Å². The molecule has 3 rings (SSSR count). The number of anilines is 1. The highest BCUT2D eigenvalue weighted by atomic mass is 35.5. The predicted molar refractivity (Wildman–Crippen MR) is 98.5 cm³/mol. The second-order valence-corrected chi connectivity index (χ2v) is 5.95. The molecule has 1 heterocycles. The van der Waals surface area contributed by atoms with Crippen molar-refractivity contribution in [3.05, 3.63) is 71.4 Å². The van der Waals surface area contributed by atoms with E-state index in [-0.39, 0.29) is 24.8 Å². The molecule has 0 saturated carbocycles. The van der Waals surface area contributed by atoms with Gasteiger partial charge >= 0.3 is 0 Å². The molecule has 6 heteroatoms. The summed E-state index contributed by atoms with van der Waals surface area (Å²) in [6.07, 6.45) is 1.87. The first kappa shape index (κ1) is 16.9. The number of fused-ring (bicyclic) bond motifs is 1. The summed E-state index contributed by atoms with van der Waals surface area (Å²) in [6.45, 7) is -0.102. The summed E-state index contributed by atoms with van der Waals surface area (Å²) in [6, 6.07) is 16.3. The van der Waals surface area contributed by atoms with E-state index in [2.05, 4.69) is 15.6 Å². The number of pyridine rings is 1. The van der Waals surface area contributed by atoms with Crippen LogP contribution in [0.3, 0.4) is 0 Å². The number of nitrogens with zero attached hydrogens (tertiary/aromatic N) is 1. The summed E-state index contributed by atoms with van der Waals surface area (Å²) in [5.41, 5.74) is 2.17. The Hall–Kier alpha value is -2.92. The lowest BCUT2D eigenvalue weighted by Gasteiger charge is -2.09. The van der Waals surface area contributed by atoms with Crippen LogP contribution in [0.1, 0.15) is 5.56 Å². The maximum Gasteiger partial charge on any atom is 0.243 e. The Morgan fingerprint density at radius 2 is 1.72 bits per heavy atom. The third-order valence-electron chi connectivity index (χ3n) is 3.63. The second-order valence-electron chi connectivity index (χ2n) is 5.51. The monoisotopic (exact) mass is 353 g/mol. The maximum atomic E-state index is 12.1. The van der Waals surface area contributed by atoms with E-state index < -0.39 is 0 Å². The minimum atomic E-state index is -0.303. The Bertz CT molecular complexity index is 905. The van der Waals surface area contributed by atoms with Crippen LogP contribution in [-0.2, 0) is 16.0 Å². The summed E-state index contributed by atoms with van der Waals surface area (Å²) < 4.78 is 0. The molecular formula is C19H16ClN3O2. The number of halogens is 1. The number of hydrogen-bond donors (Lipinski definition) is 2. The Kier molecular flexibility index (Phi) is 5.26. The zero-order valence-corrected chi connectivity index (χ0v) is 14.1. The van der Waals surface area contributed by atoms with Gasteiger partial charge in [0, 0.05) is 16.6 Å². The smallest absolute Gasteiger partial charge is 0.243 e. The van der Waals surface area contributed by atoms with Crippen molar-refractivity contribution in [2.75, 3.05) is 11.9 Å². The van der Waals surface area contributed by atoms with Gasteiger partial charge in [-0.3, -0.25) is 14.6 Å². The number of benzene rings is 2. The Labute approximate surface area is 150 Å². The maximum absolute atomic E-state index is 12.1. The molecule has 0 fully saturated rings. The highest BCUT2D eigenvalue weighted by Crippen LogP contribution is 2.20. The van der Waals surface area contributed by atoms with Crippen molar-refractivity contribution in [3.8, 4) is 0 Å². The molecule has 0 unspecified atom stereocenters. The number of nitrogens with one attached hydrogen (secondary N) is 2. The molecule has 2 N–H and O–H groups in total. The number of hydrogen-bond acceptors (Lipinski definition) is 3. The van der Waals surface area contributed by atoms with E-state index in [0.29, 0.717) is 16.2 Å². The van der Waals surface area contributed by atoms with Crippen molar-refractivity contribution in [2.24, 2.45) is 0 Å². The van der Waals surface area contributed by atoms with Gasteiger partial charge in [0.25, 0.3) is 0 Å². The van der Waals surface area contributed by atoms with Crippen molar-refractivity contribution in [2.45, 2.75) is 6.42 Å². The van der Waals surface area contributed by atoms with Crippen LogP contribution in [0, 0.1) is 0 Å². The van der Waals surface area contributed by atoms with E-state index in [4.69, 9.17) is 11.6 Å². The minimum absolute atomic E-state index is 0.102. The first-order chi connectivity index (χ1) is 12.1. The standard InChI is InChI=1S/C19H16ClN3O2/c20-15-8-6-13(7-9-15)11-17(24)22-12-18(25)23-16-5-1-3-14-4-2-10-21-19(14)16/h1-10H,11-12H2,(H,22,24)(H,23,25). The summed E-state index contributed by atoms with van der Waals surface area (Å²) in [7, 11) is 0. The van der Waals surface area contributed by atoms with Crippen molar-refractivity contribution in [1.29, 1.82) is 0 Å². The molecule has 126 valence electrons. The fourth-order valence-electron chi connectivity index (χ4n) is 2.43. The van der Waals surface area contributed by atoms with Gasteiger partial charge in [-0.25, -0.2) is 0 Å². The number of para-hydroxylation sites is 1. The van der Waals surface area contributed by atoms with E-state index in [1.165, 1.54) is 0 Å². The third kappa shape index (κ3) is 4.55. The van der Waals surface area contributed by atoms with Gasteiger partial charge in [-0.15, -0.1) is 0 Å². The average Bonchev–Trinajstić information content (AvgIpc) is 2.62. The summed E-state index contributed by atoms with van der Waals surface area (Å²) in [4.78, 5) is 28.3. The molecule has 3 aromatic rings. The molecule has 1 aromatic heterocycles. The summed E-state index contributed by atoms with van der Waals surface area (Å²) in [5.74, 6) is -0.531. The van der Waals surface area contributed by atoms with Crippen LogP contribution in [-0.4, -0.2) is 23.3 Å². The van der Waals surface area contributed by atoms with Gasteiger partial charge in [0.2, 0.25) is 11.8 Å². The van der Waals surface area contributed by atoms with Gasteiger partial charge in [0.05, 0.1) is 24.2 Å². The lowest BCUT2D eigenvalue weighted by Crippen LogP contribution is -2.33. The third-order valence-corrected chi connectivity index (χ3v) is 3.88. The number of rotatable bonds is 5. The van der Waals surface area contributed by atoms with Gasteiger partial charge in [0.15, 0.2) is 0 Å². The average molecular weight is 354 g/mol. The molecule has 2 amide bonds. The van der Waals surface area contributed by atoms with E-state index in [1.807, 2.05) is 24.3 Å². The number of aromatic nitrogens is 1. The SMILES string of the molecule is O=C(Cc1ccc(Cl)cc1)NCC(=O)Nc1cccc2cccnc12. The van der Waals surface area contributed by atoms with Crippen molar-refractivity contribution < 1.29 is 9.59 Å². The molecule has 0 bridgehead atoms. The van der Waals surface area contributed by atoms with E-state index in [9.17, 15) is 9.59 Å². The Morgan fingerprint density at radius 3 is 2.52 bits per heavy atom. The lowest BCUT2D eigenvalue weighted by atomic mass is 10.1. The van der Waals surface area contributed by atoms with Crippen LogP contribution >= 0.6 is 11.6 Å². The van der Waals surface area contributed by atoms with Crippen LogP contribution in [0.15, 0.2) is 60.8 Å². The lowest BCUT2D eigenvalue weighted by molar-refractivity contribution is -0.123. The van der Waals surface area contributed by atoms with E-state index in [0.717, 1.165) is 10.9 Å². The zero-order chi connectivity index (χ0) is 17.6. The van der Waals surface area contributed by atoms with Gasteiger partial charge < -0.3 is 10.6 Å². The number of carbonyl (C=O) groups is 2. The zero-order valence-electron chi connectivity index (χ0n) is 13.3. The van der Waals surface area contributed by atoms with E-state index in [1.54, 1.807) is 36.5 Å². The fourth-order valence-corrected chi connectivity index (χ4v) is 2.55. The first-order valence-electron chi connectivity index (χ1n) is 7.76. The predicted octanol–water partition coefficient (Wildman–Crippen LogP) is 3.19. The normalized spacial score (nSPS) is 10.4. The van der Waals surface area contributed by atoms with Gasteiger partial charge in [-0.05, 0) is 29.8 Å². The summed E-state index contributed by atoms with van der Waals surface area (Å²) >= 11 is 5.81. The largest absolute Gasteiger partial charge is 0.347 e. The van der Waals surface area contributed by atoms with Crippen LogP contribution in [0.5, 0.6) is 0 Å². The van der Waals surface area contributed by atoms with Crippen LogP contribution in [0.4, 0.5) is 5.69 Å². The van der Waals surface area contributed by atoms with Crippen molar-refractivity contribution in [1.82, 2.24) is 10.3 Å². The highest BCUT2D eigenvalue weighted by Gasteiger charge is 2.09. The summed E-state index contributed by atoms with van der Waals surface area (Å²) in [5, 5.41) is 6.94. The van der Waals surface area contributed by atoms with Crippen LogP contribution in [0.2, 0.25) is 5.02 Å². The highest BCUT2D eigenvalue weighted by molar-refractivity contribution is 6.30. The van der Waals surface area contributed by atoms with Crippen LogP contribution in [0.25, 0.3) is 10.9 Å². The minimum Gasteiger partial charge on any atom is -0.347 e. The molecule has 0 aliphatic carbocycles. The fraction of sp³-hybridized carbons (Fsp3) is 0.105. The molecule has 25 heavy (non-hydrogen) atoms. The quantitative estimate of drug-likeness (QED) is 0.740. The second kappa shape index (κ2) is 7.77. The molecule has 0 aliphatic rings.